The van der Waals surface area contributed by atoms with Crippen LogP contribution in [0.3, 0.4) is 0 Å². The summed E-state index contributed by atoms with van der Waals surface area (Å²) in [7, 11) is -2.70. The molecule has 0 aliphatic heterocycles. The van der Waals surface area contributed by atoms with Gasteiger partial charge in [-0.05, 0) is 12.3 Å². The van der Waals surface area contributed by atoms with Crippen molar-refractivity contribution in [3.05, 3.63) is 0 Å². The van der Waals surface area contributed by atoms with Gasteiger partial charge >= 0.3 is 8.25 Å². The molecule has 0 heterocycles. The Bertz CT molecular complexity index is 121. The summed E-state index contributed by atoms with van der Waals surface area (Å²) in [5.74, 6) is 0.399. The maximum absolute atomic E-state index is 10.1. The minimum absolute atomic E-state index is 0. The molecule has 0 aliphatic rings. The topological polar surface area (TPSA) is 46.5 Å². The van der Waals surface area contributed by atoms with E-state index >= 15 is 0 Å². The SMILES string of the molecule is CCCCC(C)CO[PH](=O)O.[Nd]. The molecule has 0 saturated carbocycles. The number of rotatable bonds is 6. The van der Waals surface area contributed by atoms with Crippen molar-refractivity contribution in [2.45, 2.75) is 33.1 Å². The van der Waals surface area contributed by atoms with Gasteiger partial charge in [-0.3, -0.25) is 4.57 Å². The molecular weight excluding hydrogens is 307 g/mol. The van der Waals surface area contributed by atoms with Gasteiger partial charge in [0.25, 0.3) is 0 Å². The van der Waals surface area contributed by atoms with E-state index in [1.54, 1.807) is 0 Å². The van der Waals surface area contributed by atoms with Gasteiger partial charge in [0, 0.05) is 40.8 Å². The van der Waals surface area contributed by atoms with Gasteiger partial charge in [-0.1, -0.05) is 26.7 Å². The van der Waals surface area contributed by atoms with E-state index in [1.807, 2.05) is 6.92 Å². The van der Waals surface area contributed by atoms with E-state index in [0.29, 0.717) is 12.5 Å². The molecule has 0 rings (SSSR count). The fraction of sp³-hybridized carbons (Fsp3) is 1.00. The van der Waals surface area contributed by atoms with Gasteiger partial charge in [0.15, 0.2) is 0 Å². The molecule has 2 atom stereocenters. The molecule has 0 bridgehead atoms. The number of hydrogen-bond acceptors (Lipinski definition) is 2. The summed E-state index contributed by atoms with van der Waals surface area (Å²) < 4.78 is 14.7. The summed E-state index contributed by atoms with van der Waals surface area (Å²) >= 11 is 0. The summed E-state index contributed by atoms with van der Waals surface area (Å²) in [4.78, 5) is 8.35. The van der Waals surface area contributed by atoms with Crippen LogP contribution < -0.4 is 0 Å². The molecule has 0 radical (unpaired) electrons. The standard InChI is InChI=1S/C7H17O3P.Nd/c1-3-4-5-7(2)6-10-11(8)9;/h7,11H,3-6H2,1-2H3,(H,8,9);. The third-order valence-corrected chi connectivity index (χ3v) is 1.96. The van der Waals surface area contributed by atoms with Crippen molar-refractivity contribution >= 4 is 8.25 Å². The van der Waals surface area contributed by atoms with E-state index in [-0.39, 0.29) is 40.8 Å². The van der Waals surface area contributed by atoms with E-state index in [1.165, 1.54) is 6.42 Å². The molecule has 0 aromatic carbocycles. The van der Waals surface area contributed by atoms with E-state index in [2.05, 4.69) is 11.4 Å². The first kappa shape index (κ1) is 16.0. The number of unbranched alkanes of at least 4 members (excludes halogenated alkanes) is 1. The van der Waals surface area contributed by atoms with Crippen LogP contribution in [-0.4, -0.2) is 11.5 Å². The summed E-state index contributed by atoms with van der Waals surface area (Å²) in [5, 5.41) is 0. The Labute approximate surface area is 108 Å². The van der Waals surface area contributed by atoms with Gasteiger partial charge in [-0.25, -0.2) is 0 Å². The fourth-order valence-corrected chi connectivity index (χ4v) is 1.28. The van der Waals surface area contributed by atoms with Gasteiger partial charge in [0.2, 0.25) is 0 Å². The Morgan fingerprint density at radius 3 is 2.58 bits per heavy atom. The zero-order valence-corrected chi connectivity index (χ0v) is 11.9. The van der Waals surface area contributed by atoms with Gasteiger partial charge in [0.1, 0.15) is 0 Å². The molecule has 2 unspecified atom stereocenters. The Balaban J connectivity index is 0. The molecule has 0 amide bonds. The summed E-state index contributed by atoms with van der Waals surface area (Å²) in [5.41, 5.74) is 0. The molecule has 72 valence electrons. The molecule has 3 nitrogen and oxygen atoms in total. The monoisotopic (exact) mass is 322 g/mol. The maximum Gasteiger partial charge on any atom is 0.316 e. The number of hydrogen-bond donors (Lipinski definition) is 1. The average Bonchev–Trinajstić information content (AvgIpc) is 1.97. The van der Waals surface area contributed by atoms with Crippen LogP contribution in [0.2, 0.25) is 0 Å². The van der Waals surface area contributed by atoms with E-state index in [9.17, 15) is 4.57 Å². The van der Waals surface area contributed by atoms with Crippen molar-refractivity contribution in [1.29, 1.82) is 0 Å². The van der Waals surface area contributed by atoms with E-state index < -0.39 is 8.25 Å². The van der Waals surface area contributed by atoms with Crippen LogP contribution >= 0.6 is 8.25 Å². The predicted octanol–water partition coefficient (Wildman–Crippen LogP) is 2.21. The van der Waals surface area contributed by atoms with Crippen LogP contribution in [0.25, 0.3) is 0 Å². The Morgan fingerprint density at radius 1 is 1.58 bits per heavy atom. The first-order valence-corrected chi connectivity index (χ1v) is 5.29. The molecule has 0 spiro atoms. The first-order valence-electron chi connectivity index (χ1n) is 4.02. The van der Waals surface area contributed by atoms with Crippen LogP contribution in [0.15, 0.2) is 0 Å². The van der Waals surface area contributed by atoms with E-state index in [4.69, 9.17) is 4.89 Å². The Hall–Kier alpha value is 1.50. The maximum atomic E-state index is 10.1. The molecule has 0 fully saturated rings. The Morgan fingerprint density at radius 2 is 2.17 bits per heavy atom. The minimum Gasteiger partial charge on any atom is -0.326 e. The van der Waals surface area contributed by atoms with Crippen molar-refractivity contribution in [2.75, 3.05) is 6.61 Å². The molecular formula is C7H17NdO3P. The van der Waals surface area contributed by atoms with Gasteiger partial charge in [-0.2, -0.15) is 0 Å². The van der Waals surface area contributed by atoms with Crippen molar-refractivity contribution < 1.29 is 54.8 Å². The molecule has 0 aliphatic carbocycles. The van der Waals surface area contributed by atoms with Crippen LogP contribution in [0.4, 0.5) is 0 Å². The third-order valence-electron chi connectivity index (χ3n) is 1.54. The second-order valence-corrected chi connectivity index (χ2v) is 3.64. The average molecular weight is 324 g/mol. The molecule has 0 saturated heterocycles. The zero-order chi connectivity index (χ0) is 8.69. The Kier molecular flexibility index (Phi) is 14.1. The third kappa shape index (κ3) is 11.5. The van der Waals surface area contributed by atoms with Crippen LogP contribution in [-0.2, 0) is 9.09 Å². The van der Waals surface area contributed by atoms with Gasteiger partial charge in [0.05, 0.1) is 6.61 Å². The van der Waals surface area contributed by atoms with Crippen LogP contribution in [0.5, 0.6) is 0 Å². The van der Waals surface area contributed by atoms with Crippen molar-refractivity contribution in [3.63, 3.8) is 0 Å². The smallest absolute Gasteiger partial charge is 0.316 e. The summed E-state index contributed by atoms with van der Waals surface area (Å²) in [6, 6.07) is 0. The van der Waals surface area contributed by atoms with Crippen molar-refractivity contribution in [3.8, 4) is 0 Å². The van der Waals surface area contributed by atoms with Crippen LogP contribution in [0, 0.1) is 46.8 Å². The summed E-state index contributed by atoms with van der Waals surface area (Å²) in [6.45, 7) is 4.57. The van der Waals surface area contributed by atoms with Gasteiger partial charge in [-0.15, -0.1) is 0 Å². The fourth-order valence-electron chi connectivity index (χ4n) is 0.849. The molecule has 1 N–H and O–H groups in total. The van der Waals surface area contributed by atoms with Crippen LogP contribution in [0.1, 0.15) is 33.1 Å². The van der Waals surface area contributed by atoms with Gasteiger partial charge < -0.3 is 9.42 Å². The molecule has 5 heteroatoms. The normalized spacial score (nSPS) is 14.9. The van der Waals surface area contributed by atoms with Crippen molar-refractivity contribution in [2.24, 2.45) is 5.92 Å². The summed E-state index contributed by atoms with van der Waals surface area (Å²) in [6.07, 6.45) is 3.40. The zero-order valence-electron chi connectivity index (χ0n) is 7.67. The molecule has 12 heavy (non-hydrogen) atoms. The first-order chi connectivity index (χ1) is 5.16. The quantitative estimate of drug-likeness (QED) is 0.762. The van der Waals surface area contributed by atoms with E-state index in [0.717, 1.165) is 12.8 Å². The second kappa shape index (κ2) is 10.6. The second-order valence-electron chi connectivity index (χ2n) is 2.82. The van der Waals surface area contributed by atoms with Crippen molar-refractivity contribution in [1.82, 2.24) is 0 Å². The molecule has 0 aromatic rings. The predicted molar refractivity (Wildman–Crippen MR) is 45.9 cm³/mol. The minimum atomic E-state index is -2.70. The molecule has 0 aromatic heterocycles. The largest absolute Gasteiger partial charge is 0.326 e.